The lowest BCUT2D eigenvalue weighted by atomic mass is 10.3. The molecule has 0 bridgehead atoms. The van der Waals surface area contributed by atoms with Crippen molar-refractivity contribution < 1.29 is 8.42 Å². The van der Waals surface area contributed by atoms with E-state index in [4.69, 9.17) is 5.73 Å². The van der Waals surface area contributed by atoms with Crippen molar-refractivity contribution in [3.63, 3.8) is 0 Å². The van der Waals surface area contributed by atoms with Crippen molar-refractivity contribution in [2.45, 2.75) is 30.5 Å². The predicted octanol–water partition coefficient (Wildman–Crippen LogP) is -0.240. The maximum absolute atomic E-state index is 11.7. The monoisotopic (exact) mass is 265 g/mol. The molecular weight excluding hydrogens is 250 g/mol. The van der Waals surface area contributed by atoms with Crippen molar-refractivity contribution in [1.29, 1.82) is 0 Å². The van der Waals surface area contributed by atoms with Crippen LogP contribution in [0.4, 0.5) is 0 Å². The molecule has 0 saturated carbocycles. The maximum atomic E-state index is 11.7. The van der Waals surface area contributed by atoms with E-state index in [0.29, 0.717) is 23.5 Å². The van der Waals surface area contributed by atoms with Crippen molar-refractivity contribution in [1.82, 2.24) is 9.71 Å². The van der Waals surface area contributed by atoms with Gasteiger partial charge in [0.2, 0.25) is 0 Å². The summed E-state index contributed by atoms with van der Waals surface area (Å²) in [6.45, 7) is 3.62. The lowest BCUT2D eigenvalue weighted by Gasteiger charge is -2.07. The standard InChI is InChI=1S/C8H15N3O3S2/c1-5(9)3-4-10-16(13,14)7-6(2)11-8(12)15-7/h5,10H,3-4,9H2,1-2H3,(H,11,12). The van der Waals surface area contributed by atoms with Crippen LogP contribution in [0.1, 0.15) is 19.0 Å². The highest BCUT2D eigenvalue weighted by Crippen LogP contribution is 2.15. The molecule has 1 heterocycles. The Morgan fingerprint density at radius 2 is 2.19 bits per heavy atom. The number of hydrogen-bond acceptors (Lipinski definition) is 5. The summed E-state index contributed by atoms with van der Waals surface area (Å²) < 4.78 is 25.9. The predicted molar refractivity (Wildman–Crippen MR) is 63.1 cm³/mol. The van der Waals surface area contributed by atoms with Crippen LogP contribution in [0.15, 0.2) is 9.00 Å². The first-order chi connectivity index (χ1) is 7.33. The average molecular weight is 265 g/mol. The van der Waals surface area contributed by atoms with Gasteiger partial charge >= 0.3 is 4.87 Å². The van der Waals surface area contributed by atoms with Crippen LogP contribution in [-0.2, 0) is 10.0 Å². The molecule has 16 heavy (non-hydrogen) atoms. The van der Waals surface area contributed by atoms with E-state index in [1.807, 2.05) is 0 Å². The summed E-state index contributed by atoms with van der Waals surface area (Å²) >= 11 is 0.687. The second kappa shape index (κ2) is 5.09. The molecule has 1 atom stereocenters. The van der Waals surface area contributed by atoms with Crippen molar-refractivity contribution >= 4 is 21.4 Å². The fraction of sp³-hybridized carbons (Fsp3) is 0.625. The zero-order chi connectivity index (χ0) is 12.3. The molecule has 0 fully saturated rings. The minimum absolute atomic E-state index is 0.0437. The Balaban J connectivity index is 2.79. The molecule has 0 amide bonds. The molecule has 0 radical (unpaired) electrons. The summed E-state index contributed by atoms with van der Waals surface area (Å²) in [5.41, 5.74) is 5.87. The summed E-state index contributed by atoms with van der Waals surface area (Å²) in [4.78, 5) is 13.1. The van der Waals surface area contributed by atoms with E-state index in [-0.39, 0.29) is 21.7 Å². The smallest absolute Gasteiger partial charge is 0.305 e. The van der Waals surface area contributed by atoms with E-state index in [2.05, 4.69) is 9.71 Å². The van der Waals surface area contributed by atoms with Gasteiger partial charge in [0.15, 0.2) is 4.21 Å². The molecule has 6 nitrogen and oxygen atoms in total. The molecule has 92 valence electrons. The Kier molecular flexibility index (Phi) is 4.25. The minimum Gasteiger partial charge on any atom is -0.328 e. The first-order valence-corrected chi connectivity index (χ1v) is 7.08. The summed E-state index contributed by atoms with van der Waals surface area (Å²) in [6, 6.07) is -0.0613. The molecule has 0 aliphatic heterocycles. The SMILES string of the molecule is Cc1[nH]c(=O)sc1S(=O)(=O)NCCC(C)N. The van der Waals surface area contributed by atoms with Crippen molar-refractivity contribution in [3.8, 4) is 0 Å². The summed E-state index contributed by atoms with van der Waals surface area (Å²) in [5.74, 6) is 0. The molecule has 1 aromatic rings. The van der Waals surface area contributed by atoms with Gasteiger partial charge in [-0.05, 0) is 20.3 Å². The largest absolute Gasteiger partial charge is 0.328 e. The first kappa shape index (κ1) is 13.4. The number of nitrogens with one attached hydrogen (secondary N) is 2. The summed E-state index contributed by atoms with van der Waals surface area (Å²) in [5, 5.41) is 0. The Labute approximate surface area is 97.9 Å². The Hall–Kier alpha value is -0.700. The number of rotatable bonds is 5. The van der Waals surface area contributed by atoms with Gasteiger partial charge in [-0.25, -0.2) is 13.1 Å². The number of H-pyrrole nitrogens is 1. The van der Waals surface area contributed by atoms with Crippen LogP contribution in [0.3, 0.4) is 0 Å². The summed E-state index contributed by atoms with van der Waals surface area (Å²) in [6.07, 6.45) is 0.553. The van der Waals surface area contributed by atoms with Gasteiger partial charge in [-0.15, -0.1) is 0 Å². The zero-order valence-corrected chi connectivity index (χ0v) is 10.7. The second-order valence-electron chi connectivity index (χ2n) is 3.59. The van der Waals surface area contributed by atoms with E-state index in [1.165, 1.54) is 0 Å². The lowest BCUT2D eigenvalue weighted by molar-refractivity contribution is 0.573. The second-order valence-corrected chi connectivity index (χ2v) is 6.54. The van der Waals surface area contributed by atoms with Gasteiger partial charge in [-0.1, -0.05) is 11.3 Å². The fourth-order valence-corrected chi connectivity index (χ4v) is 3.52. The Morgan fingerprint density at radius 1 is 1.56 bits per heavy atom. The lowest BCUT2D eigenvalue weighted by Crippen LogP contribution is -2.29. The summed E-state index contributed by atoms with van der Waals surface area (Å²) in [7, 11) is -3.58. The van der Waals surface area contributed by atoms with Crippen molar-refractivity contribution in [2.75, 3.05) is 6.54 Å². The Morgan fingerprint density at radius 3 is 2.62 bits per heavy atom. The van der Waals surface area contributed by atoms with Crippen LogP contribution < -0.4 is 15.3 Å². The van der Waals surface area contributed by atoms with Gasteiger partial charge in [0, 0.05) is 18.3 Å². The number of nitrogens with two attached hydrogens (primary N) is 1. The first-order valence-electron chi connectivity index (χ1n) is 4.78. The molecule has 1 rings (SSSR count). The number of aromatic nitrogens is 1. The molecule has 1 unspecified atom stereocenters. The molecule has 0 aliphatic rings. The number of sulfonamides is 1. The average Bonchev–Trinajstić information content (AvgIpc) is 2.44. The van der Waals surface area contributed by atoms with Crippen LogP contribution in [0, 0.1) is 6.92 Å². The number of thiazole rings is 1. The fourth-order valence-electron chi connectivity index (χ4n) is 1.13. The van der Waals surface area contributed by atoms with Crippen LogP contribution in [0.5, 0.6) is 0 Å². The third-order valence-electron chi connectivity index (χ3n) is 1.92. The molecule has 0 aromatic carbocycles. The molecule has 0 saturated heterocycles. The highest BCUT2D eigenvalue weighted by Gasteiger charge is 2.19. The van der Waals surface area contributed by atoms with Gasteiger partial charge in [-0.3, -0.25) is 4.79 Å². The maximum Gasteiger partial charge on any atom is 0.305 e. The molecule has 0 aliphatic carbocycles. The molecule has 1 aromatic heterocycles. The van der Waals surface area contributed by atoms with Gasteiger partial charge in [0.1, 0.15) is 0 Å². The van der Waals surface area contributed by atoms with Gasteiger partial charge < -0.3 is 10.7 Å². The van der Waals surface area contributed by atoms with Crippen molar-refractivity contribution in [2.24, 2.45) is 5.73 Å². The highest BCUT2D eigenvalue weighted by atomic mass is 32.2. The van der Waals surface area contributed by atoms with E-state index in [0.717, 1.165) is 0 Å². The normalized spacial score (nSPS) is 13.9. The highest BCUT2D eigenvalue weighted by molar-refractivity contribution is 7.91. The molecular formula is C8H15N3O3S2. The van der Waals surface area contributed by atoms with Gasteiger partial charge in [0.05, 0.1) is 0 Å². The topological polar surface area (TPSA) is 105 Å². The Bertz CT molecular complexity index is 501. The van der Waals surface area contributed by atoms with Crippen LogP contribution in [0.25, 0.3) is 0 Å². The molecule has 4 N–H and O–H groups in total. The number of aryl methyl sites for hydroxylation is 1. The van der Waals surface area contributed by atoms with Crippen molar-refractivity contribution in [3.05, 3.63) is 15.4 Å². The van der Waals surface area contributed by atoms with Crippen LogP contribution in [0.2, 0.25) is 0 Å². The number of hydrogen-bond donors (Lipinski definition) is 3. The van der Waals surface area contributed by atoms with E-state index < -0.39 is 10.0 Å². The third kappa shape index (κ3) is 3.41. The van der Waals surface area contributed by atoms with Gasteiger partial charge in [-0.2, -0.15) is 0 Å². The zero-order valence-electron chi connectivity index (χ0n) is 9.11. The van der Waals surface area contributed by atoms with E-state index in [1.54, 1.807) is 13.8 Å². The van der Waals surface area contributed by atoms with Crippen LogP contribution >= 0.6 is 11.3 Å². The minimum atomic E-state index is -3.58. The van der Waals surface area contributed by atoms with Gasteiger partial charge in [0.25, 0.3) is 10.0 Å². The van der Waals surface area contributed by atoms with Crippen LogP contribution in [-0.4, -0.2) is 26.0 Å². The molecule has 8 heteroatoms. The van der Waals surface area contributed by atoms with E-state index in [9.17, 15) is 13.2 Å². The third-order valence-corrected chi connectivity index (χ3v) is 4.98. The quantitative estimate of drug-likeness (QED) is 0.683. The molecule has 0 spiro atoms. The number of aromatic amines is 1. The van der Waals surface area contributed by atoms with E-state index >= 15 is 0 Å².